The Balaban J connectivity index is 3.50. The number of carboxylic acid groups (broad SMARTS) is 1. The van der Waals surface area contributed by atoms with Crippen molar-refractivity contribution in [3.63, 3.8) is 0 Å². The average molecular weight is 202 g/mol. The molecule has 0 bridgehead atoms. The number of aliphatic hydroxyl groups is 1. The Morgan fingerprint density at radius 1 is 1.21 bits per heavy atom. The first kappa shape index (κ1) is 12.5. The molecule has 0 spiro atoms. The van der Waals surface area contributed by atoms with Crippen molar-refractivity contribution in [1.29, 1.82) is 0 Å². The predicted octanol–water partition coefficient (Wildman–Crippen LogP) is 1.59. The maximum atomic E-state index is 10.9. The molecule has 2 N–H and O–H groups in total. The molecule has 0 amide bonds. The minimum Gasteiger partial charge on any atom is -0.481 e. The normalized spacial score (nSPS) is 11.1. The zero-order chi connectivity index (χ0) is 11.0. The van der Waals surface area contributed by atoms with Gasteiger partial charge in [0.2, 0.25) is 0 Å². The number of hydrogen-bond donors (Lipinski definition) is 2. The van der Waals surface area contributed by atoms with Crippen molar-refractivity contribution in [2.75, 3.05) is 0 Å². The third-order valence-corrected chi connectivity index (χ3v) is 1.49. The summed E-state index contributed by atoms with van der Waals surface area (Å²) in [5.41, 5.74) is 0. The van der Waals surface area contributed by atoms with E-state index in [2.05, 4.69) is 4.74 Å². The number of ether oxygens (including phenoxy) is 1. The topological polar surface area (TPSA) is 83.8 Å². The zero-order valence-corrected chi connectivity index (χ0v) is 8.02. The quantitative estimate of drug-likeness (QED) is 0.388. The van der Waals surface area contributed by atoms with Gasteiger partial charge in [0, 0.05) is 12.8 Å². The molecule has 0 aromatic heterocycles. The Morgan fingerprint density at radius 2 is 1.79 bits per heavy atom. The number of unbranched alkanes of at least 4 members (excludes halogenated alkanes) is 1. The van der Waals surface area contributed by atoms with Gasteiger partial charge in [-0.05, 0) is 25.8 Å². The van der Waals surface area contributed by atoms with E-state index in [1.165, 1.54) is 13.0 Å². The van der Waals surface area contributed by atoms with Crippen LogP contribution in [0.5, 0.6) is 0 Å². The molecule has 0 radical (unpaired) electrons. The van der Waals surface area contributed by atoms with Gasteiger partial charge in [0.1, 0.15) is 0 Å². The van der Waals surface area contributed by atoms with Crippen molar-refractivity contribution in [2.24, 2.45) is 0 Å². The number of rotatable bonds is 6. The molecule has 5 heteroatoms. The number of aliphatic hydroxyl groups excluding tert-OH is 1. The van der Waals surface area contributed by atoms with Crippen LogP contribution in [0.2, 0.25) is 0 Å². The summed E-state index contributed by atoms with van der Waals surface area (Å²) in [6.07, 6.45) is 2.30. The van der Waals surface area contributed by atoms with Crippen LogP contribution in [0.25, 0.3) is 0 Å². The van der Waals surface area contributed by atoms with Gasteiger partial charge in [-0.3, -0.25) is 9.59 Å². The van der Waals surface area contributed by atoms with Gasteiger partial charge < -0.3 is 14.9 Å². The number of hydrogen-bond acceptors (Lipinski definition) is 4. The van der Waals surface area contributed by atoms with Gasteiger partial charge in [-0.2, -0.15) is 0 Å². The molecule has 0 aliphatic heterocycles. The highest BCUT2D eigenvalue weighted by Gasteiger charge is 2.05. The van der Waals surface area contributed by atoms with Crippen LogP contribution in [-0.2, 0) is 14.3 Å². The lowest BCUT2D eigenvalue weighted by Gasteiger charge is -2.01. The van der Waals surface area contributed by atoms with Crippen molar-refractivity contribution >= 4 is 11.9 Å². The smallest absolute Gasteiger partial charge is 0.313 e. The predicted molar refractivity (Wildman–Crippen MR) is 48.6 cm³/mol. The number of carbonyl (C=O) groups excluding carboxylic acids is 1. The number of esters is 1. The van der Waals surface area contributed by atoms with E-state index in [9.17, 15) is 9.59 Å². The van der Waals surface area contributed by atoms with E-state index in [4.69, 9.17) is 10.2 Å². The molecule has 0 unspecified atom stereocenters. The first-order valence-electron chi connectivity index (χ1n) is 4.34. The Morgan fingerprint density at radius 3 is 2.29 bits per heavy atom. The van der Waals surface area contributed by atoms with Gasteiger partial charge in [-0.1, -0.05) is 0 Å². The van der Waals surface area contributed by atoms with Crippen molar-refractivity contribution in [3.8, 4) is 0 Å². The van der Waals surface area contributed by atoms with E-state index in [0.29, 0.717) is 12.8 Å². The van der Waals surface area contributed by atoms with E-state index in [-0.39, 0.29) is 12.8 Å². The van der Waals surface area contributed by atoms with Crippen LogP contribution < -0.4 is 0 Å². The number of aliphatic carboxylic acids is 1. The zero-order valence-electron chi connectivity index (χ0n) is 8.02. The van der Waals surface area contributed by atoms with Gasteiger partial charge in [0.05, 0.1) is 0 Å². The fraction of sp³-hybridized carbons (Fsp3) is 0.556. The maximum absolute atomic E-state index is 10.9. The van der Waals surface area contributed by atoms with Crippen molar-refractivity contribution in [3.05, 3.63) is 12.0 Å². The minimum absolute atomic E-state index is 0.0445. The van der Waals surface area contributed by atoms with Crippen molar-refractivity contribution in [2.45, 2.75) is 32.6 Å². The summed E-state index contributed by atoms with van der Waals surface area (Å²) < 4.78 is 4.44. The SMILES string of the molecule is C/C=C(\O)OC(=O)CCCCC(=O)O. The van der Waals surface area contributed by atoms with Crippen molar-refractivity contribution in [1.82, 2.24) is 0 Å². The van der Waals surface area contributed by atoms with E-state index in [0.717, 1.165) is 0 Å². The summed E-state index contributed by atoms with van der Waals surface area (Å²) in [4.78, 5) is 21.0. The molecule has 0 saturated heterocycles. The molecule has 0 fully saturated rings. The average Bonchev–Trinajstić information content (AvgIpc) is 2.12. The second-order valence-corrected chi connectivity index (χ2v) is 2.70. The molecular weight excluding hydrogens is 188 g/mol. The van der Waals surface area contributed by atoms with Gasteiger partial charge in [0.15, 0.2) is 0 Å². The Hall–Kier alpha value is -1.52. The summed E-state index contributed by atoms with van der Waals surface area (Å²) >= 11 is 0. The number of allylic oxidation sites excluding steroid dienone is 1. The fourth-order valence-corrected chi connectivity index (χ4v) is 0.772. The summed E-state index contributed by atoms with van der Waals surface area (Å²) in [6, 6.07) is 0. The first-order valence-corrected chi connectivity index (χ1v) is 4.34. The number of carbonyl (C=O) groups is 2. The Labute approximate surface area is 82.0 Å². The molecule has 0 aliphatic carbocycles. The lowest BCUT2D eigenvalue weighted by Crippen LogP contribution is -2.04. The Kier molecular flexibility index (Phi) is 6.19. The third kappa shape index (κ3) is 7.15. The van der Waals surface area contributed by atoms with Gasteiger partial charge in [0.25, 0.3) is 5.95 Å². The molecule has 0 rings (SSSR count). The van der Waals surface area contributed by atoms with E-state index in [1.54, 1.807) is 0 Å². The molecule has 0 aliphatic rings. The molecule has 5 nitrogen and oxygen atoms in total. The molecule has 14 heavy (non-hydrogen) atoms. The van der Waals surface area contributed by atoms with Crippen LogP contribution >= 0.6 is 0 Å². The highest BCUT2D eigenvalue weighted by Crippen LogP contribution is 2.03. The minimum atomic E-state index is -0.880. The molecular formula is C9H14O5. The first-order chi connectivity index (χ1) is 6.56. The summed E-state index contributed by atoms with van der Waals surface area (Å²) in [7, 11) is 0. The molecule has 80 valence electrons. The second kappa shape index (κ2) is 6.94. The summed E-state index contributed by atoms with van der Waals surface area (Å²) in [5.74, 6) is -1.85. The second-order valence-electron chi connectivity index (χ2n) is 2.70. The van der Waals surface area contributed by atoms with Crippen LogP contribution in [0.3, 0.4) is 0 Å². The van der Waals surface area contributed by atoms with Crippen LogP contribution in [0, 0.1) is 0 Å². The van der Waals surface area contributed by atoms with Crippen LogP contribution in [0.4, 0.5) is 0 Å². The number of carboxylic acids is 1. The summed E-state index contributed by atoms with van der Waals surface area (Å²) in [5, 5.41) is 17.1. The standard InChI is InChI=1S/C9H14O5/c1-2-8(12)14-9(13)6-4-3-5-7(10)11/h2,12H,3-6H2,1H3,(H,10,11)/b8-2+. The van der Waals surface area contributed by atoms with Gasteiger partial charge >= 0.3 is 11.9 Å². The monoisotopic (exact) mass is 202 g/mol. The van der Waals surface area contributed by atoms with E-state index < -0.39 is 17.9 Å². The fourth-order valence-electron chi connectivity index (χ4n) is 0.772. The molecule has 0 heterocycles. The molecule has 0 saturated carbocycles. The Bertz CT molecular complexity index is 231. The lowest BCUT2D eigenvalue weighted by atomic mass is 10.2. The van der Waals surface area contributed by atoms with Gasteiger partial charge in [-0.25, -0.2) is 0 Å². The molecule has 0 aromatic carbocycles. The molecule has 0 atom stereocenters. The summed E-state index contributed by atoms with van der Waals surface area (Å²) in [6.45, 7) is 1.53. The van der Waals surface area contributed by atoms with Crippen molar-refractivity contribution < 1.29 is 24.5 Å². The van der Waals surface area contributed by atoms with E-state index >= 15 is 0 Å². The van der Waals surface area contributed by atoms with Crippen LogP contribution in [0.15, 0.2) is 12.0 Å². The molecule has 0 aromatic rings. The van der Waals surface area contributed by atoms with Gasteiger partial charge in [-0.15, -0.1) is 0 Å². The van der Waals surface area contributed by atoms with Crippen LogP contribution in [0.1, 0.15) is 32.6 Å². The van der Waals surface area contributed by atoms with Crippen LogP contribution in [-0.4, -0.2) is 22.2 Å². The highest BCUT2D eigenvalue weighted by atomic mass is 16.6. The largest absolute Gasteiger partial charge is 0.481 e. The maximum Gasteiger partial charge on any atom is 0.313 e. The third-order valence-electron chi connectivity index (χ3n) is 1.49. The lowest BCUT2D eigenvalue weighted by molar-refractivity contribution is -0.144. The van der Waals surface area contributed by atoms with E-state index in [1.807, 2.05) is 0 Å². The highest BCUT2D eigenvalue weighted by molar-refractivity contribution is 5.70.